The molecule has 0 saturated heterocycles. The SMILES string of the molecule is O=C(O)C1CN(S(=O)(=O)c2ccccc2)c2c(Cl)cccc21. The predicted octanol–water partition coefficient (Wildman–Crippen LogP) is 2.72. The van der Waals surface area contributed by atoms with Gasteiger partial charge in [-0.3, -0.25) is 9.10 Å². The van der Waals surface area contributed by atoms with Crippen LogP contribution < -0.4 is 4.31 Å². The molecule has 0 amide bonds. The smallest absolute Gasteiger partial charge is 0.312 e. The number of benzene rings is 2. The van der Waals surface area contributed by atoms with Crippen LogP contribution in [0.2, 0.25) is 5.02 Å². The third-order valence-electron chi connectivity index (χ3n) is 3.62. The molecule has 1 N–H and O–H groups in total. The number of para-hydroxylation sites is 1. The molecule has 7 heteroatoms. The Balaban J connectivity index is 2.17. The van der Waals surface area contributed by atoms with Gasteiger partial charge in [0, 0.05) is 0 Å². The Morgan fingerprint density at radius 2 is 1.82 bits per heavy atom. The summed E-state index contributed by atoms with van der Waals surface area (Å²) < 4.78 is 26.7. The van der Waals surface area contributed by atoms with Crippen LogP contribution in [-0.4, -0.2) is 26.0 Å². The Hall–Kier alpha value is -2.05. The summed E-state index contributed by atoms with van der Waals surface area (Å²) in [4.78, 5) is 11.5. The van der Waals surface area contributed by atoms with E-state index in [1.807, 2.05) is 0 Å². The molecule has 22 heavy (non-hydrogen) atoms. The van der Waals surface area contributed by atoms with Crippen molar-refractivity contribution in [1.29, 1.82) is 0 Å². The lowest BCUT2D eigenvalue weighted by Gasteiger charge is -2.20. The van der Waals surface area contributed by atoms with Crippen molar-refractivity contribution in [2.24, 2.45) is 0 Å². The van der Waals surface area contributed by atoms with E-state index in [2.05, 4.69) is 0 Å². The predicted molar refractivity (Wildman–Crippen MR) is 82.8 cm³/mol. The summed E-state index contributed by atoms with van der Waals surface area (Å²) in [5.41, 5.74) is 0.667. The second kappa shape index (κ2) is 5.30. The first kappa shape index (κ1) is 14.9. The van der Waals surface area contributed by atoms with Gasteiger partial charge in [0.2, 0.25) is 0 Å². The monoisotopic (exact) mass is 337 g/mol. The Kier molecular flexibility index (Phi) is 3.58. The maximum atomic E-state index is 12.8. The highest BCUT2D eigenvalue weighted by Crippen LogP contribution is 2.43. The van der Waals surface area contributed by atoms with Crippen molar-refractivity contribution >= 4 is 33.3 Å². The van der Waals surface area contributed by atoms with Gasteiger partial charge in [-0.2, -0.15) is 0 Å². The van der Waals surface area contributed by atoms with Gasteiger partial charge in [0.15, 0.2) is 0 Å². The van der Waals surface area contributed by atoms with Gasteiger partial charge < -0.3 is 5.11 Å². The minimum Gasteiger partial charge on any atom is -0.481 e. The van der Waals surface area contributed by atoms with E-state index in [0.717, 1.165) is 4.31 Å². The number of aliphatic carboxylic acids is 1. The fourth-order valence-corrected chi connectivity index (χ4v) is 4.46. The maximum Gasteiger partial charge on any atom is 0.312 e. The van der Waals surface area contributed by atoms with Gasteiger partial charge in [-0.1, -0.05) is 41.9 Å². The maximum absolute atomic E-state index is 12.8. The molecule has 2 aromatic carbocycles. The van der Waals surface area contributed by atoms with Crippen LogP contribution >= 0.6 is 11.6 Å². The first-order valence-corrected chi connectivity index (χ1v) is 8.33. The van der Waals surface area contributed by atoms with Crippen molar-refractivity contribution < 1.29 is 18.3 Å². The number of nitrogens with zero attached hydrogens (tertiary/aromatic N) is 1. The van der Waals surface area contributed by atoms with Gasteiger partial charge in [0.25, 0.3) is 10.0 Å². The molecule has 5 nitrogen and oxygen atoms in total. The number of carboxylic acids is 1. The van der Waals surface area contributed by atoms with Gasteiger partial charge in [-0.25, -0.2) is 8.42 Å². The van der Waals surface area contributed by atoms with Crippen molar-refractivity contribution in [3.8, 4) is 0 Å². The Morgan fingerprint density at radius 3 is 2.45 bits per heavy atom. The molecule has 0 radical (unpaired) electrons. The third kappa shape index (κ3) is 2.24. The van der Waals surface area contributed by atoms with Crippen LogP contribution in [0, 0.1) is 0 Å². The minimum absolute atomic E-state index is 0.104. The molecule has 0 spiro atoms. The topological polar surface area (TPSA) is 74.7 Å². The van der Waals surface area contributed by atoms with E-state index in [1.54, 1.807) is 36.4 Å². The summed E-state index contributed by atoms with van der Waals surface area (Å²) in [5, 5.41) is 9.56. The van der Waals surface area contributed by atoms with Gasteiger partial charge in [-0.15, -0.1) is 0 Å². The van der Waals surface area contributed by atoms with Crippen LogP contribution in [0.3, 0.4) is 0 Å². The minimum atomic E-state index is -3.86. The average Bonchev–Trinajstić information content (AvgIpc) is 2.90. The molecule has 0 aliphatic carbocycles. The summed E-state index contributed by atoms with van der Waals surface area (Å²) in [6.07, 6.45) is 0. The van der Waals surface area contributed by atoms with Gasteiger partial charge in [0.1, 0.15) is 5.92 Å². The first-order valence-electron chi connectivity index (χ1n) is 6.52. The normalized spacial score (nSPS) is 17.3. The number of carboxylic acid groups (broad SMARTS) is 1. The lowest BCUT2D eigenvalue weighted by atomic mass is 10.0. The lowest BCUT2D eigenvalue weighted by Crippen LogP contribution is -2.31. The number of hydrogen-bond donors (Lipinski definition) is 1. The standard InChI is InChI=1S/C15H12ClNO4S/c16-13-8-4-7-11-12(15(18)19)9-17(14(11)13)22(20,21)10-5-2-1-3-6-10/h1-8,12H,9H2,(H,18,19). The fourth-order valence-electron chi connectivity index (χ4n) is 2.58. The molecular weight excluding hydrogens is 326 g/mol. The van der Waals surface area contributed by atoms with Crippen LogP contribution in [0.4, 0.5) is 5.69 Å². The highest BCUT2D eigenvalue weighted by molar-refractivity contribution is 7.92. The van der Waals surface area contributed by atoms with Crippen LogP contribution in [0.15, 0.2) is 53.4 Å². The number of rotatable bonds is 3. The van der Waals surface area contributed by atoms with Crippen molar-refractivity contribution in [2.45, 2.75) is 10.8 Å². The molecule has 1 aliphatic heterocycles. The average molecular weight is 338 g/mol. The molecule has 0 aromatic heterocycles. The van der Waals surface area contributed by atoms with E-state index in [9.17, 15) is 18.3 Å². The van der Waals surface area contributed by atoms with E-state index in [4.69, 9.17) is 11.6 Å². The molecule has 0 saturated carbocycles. The first-order chi connectivity index (χ1) is 10.4. The van der Waals surface area contributed by atoms with E-state index in [1.165, 1.54) is 12.1 Å². The number of anilines is 1. The van der Waals surface area contributed by atoms with E-state index >= 15 is 0 Å². The highest BCUT2D eigenvalue weighted by Gasteiger charge is 2.41. The zero-order valence-corrected chi connectivity index (χ0v) is 12.9. The molecule has 1 unspecified atom stereocenters. The van der Waals surface area contributed by atoms with Gasteiger partial charge in [0.05, 0.1) is 22.2 Å². The van der Waals surface area contributed by atoms with Gasteiger partial charge in [-0.05, 0) is 23.8 Å². The molecule has 1 atom stereocenters. The Bertz CT molecular complexity index is 836. The van der Waals surface area contributed by atoms with E-state index < -0.39 is 21.9 Å². The van der Waals surface area contributed by atoms with Crippen LogP contribution in [-0.2, 0) is 14.8 Å². The molecule has 2 aromatic rings. The van der Waals surface area contributed by atoms with Crippen LogP contribution in [0.5, 0.6) is 0 Å². The van der Waals surface area contributed by atoms with E-state index in [-0.39, 0.29) is 22.2 Å². The molecule has 1 aliphatic rings. The summed E-state index contributed by atoms with van der Waals surface area (Å²) in [7, 11) is -3.86. The molecule has 0 fully saturated rings. The summed E-state index contributed by atoms with van der Waals surface area (Å²) >= 11 is 6.13. The fraction of sp³-hybridized carbons (Fsp3) is 0.133. The summed E-state index contributed by atoms with van der Waals surface area (Å²) in [6, 6.07) is 12.7. The van der Waals surface area contributed by atoms with Crippen molar-refractivity contribution in [3.63, 3.8) is 0 Å². The number of carbonyl (C=O) groups is 1. The van der Waals surface area contributed by atoms with Crippen molar-refractivity contribution in [1.82, 2.24) is 0 Å². The molecule has 1 heterocycles. The second-order valence-electron chi connectivity index (χ2n) is 4.92. The summed E-state index contributed by atoms with van der Waals surface area (Å²) in [5.74, 6) is -2.00. The van der Waals surface area contributed by atoms with Gasteiger partial charge >= 0.3 is 5.97 Å². The van der Waals surface area contributed by atoms with Crippen molar-refractivity contribution in [2.75, 3.05) is 10.8 Å². The molecular formula is C15H12ClNO4S. The second-order valence-corrected chi connectivity index (χ2v) is 7.19. The number of sulfonamides is 1. The molecule has 114 valence electrons. The number of halogens is 1. The number of hydrogen-bond acceptors (Lipinski definition) is 3. The molecule has 0 bridgehead atoms. The Morgan fingerprint density at radius 1 is 1.14 bits per heavy atom. The van der Waals surface area contributed by atoms with Crippen LogP contribution in [0.25, 0.3) is 0 Å². The summed E-state index contributed by atoms with van der Waals surface area (Å²) in [6.45, 7) is -0.161. The Labute approximate surface area is 132 Å². The number of fused-ring (bicyclic) bond motifs is 1. The van der Waals surface area contributed by atoms with E-state index in [0.29, 0.717) is 5.56 Å². The zero-order valence-electron chi connectivity index (χ0n) is 11.3. The quantitative estimate of drug-likeness (QED) is 0.934. The molecule has 3 rings (SSSR count). The van der Waals surface area contributed by atoms with Crippen LogP contribution in [0.1, 0.15) is 11.5 Å². The largest absolute Gasteiger partial charge is 0.481 e. The lowest BCUT2D eigenvalue weighted by molar-refractivity contribution is -0.138. The highest BCUT2D eigenvalue weighted by atomic mass is 35.5. The third-order valence-corrected chi connectivity index (χ3v) is 5.71. The zero-order chi connectivity index (χ0) is 15.9. The van der Waals surface area contributed by atoms with Crippen molar-refractivity contribution in [3.05, 3.63) is 59.1 Å².